The molecule has 0 spiro atoms. The zero-order chi connectivity index (χ0) is 26.6. The first-order chi connectivity index (χ1) is 17.1. The molecule has 0 aromatic heterocycles. The van der Waals surface area contributed by atoms with Crippen molar-refractivity contribution in [2.75, 3.05) is 99.9 Å². The first-order valence-corrected chi connectivity index (χ1v) is 12.5. The van der Waals surface area contributed by atoms with Crippen LogP contribution in [0, 0.1) is 0 Å². The number of methoxy groups -OCH3 is 2. The van der Waals surface area contributed by atoms with Crippen molar-refractivity contribution >= 4 is 0 Å². The Kier molecular flexibility index (Phi) is 29.1. The molecule has 0 aromatic rings. The van der Waals surface area contributed by atoms with E-state index in [4.69, 9.17) is 38.3 Å². The zero-order valence-electron chi connectivity index (χ0n) is 23.0. The van der Waals surface area contributed by atoms with E-state index in [1.54, 1.807) is 26.4 Å². The van der Waals surface area contributed by atoms with Crippen LogP contribution in [0.25, 0.3) is 0 Å². The van der Waals surface area contributed by atoms with Crippen molar-refractivity contribution in [1.29, 1.82) is 0 Å². The molecular formula is C26H51NO8. The summed E-state index contributed by atoms with van der Waals surface area (Å²) >= 11 is 0. The summed E-state index contributed by atoms with van der Waals surface area (Å²) in [5.41, 5.74) is 0. The van der Waals surface area contributed by atoms with Crippen LogP contribution in [0.2, 0.25) is 0 Å². The Morgan fingerprint density at radius 3 is 1.74 bits per heavy atom. The number of ether oxygens (including phenoxy) is 7. The van der Waals surface area contributed by atoms with E-state index >= 15 is 0 Å². The van der Waals surface area contributed by atoms with Crippen LogP contribution < -0.4 is 0 Å². The van der Waals surface area contributed by atoms with Crippen LogP contribution in [-0.2, 0) is 33.2 Å². The summed E-state index contributed by atoms with van der Waals surface area (Å²) in [6, 6.07) is 0. The van der Waals surface area contributed by atoms with Gasteiger partial charge in [0.1, 0.15) is 6.61 Å². The third-order valence-electron chi connectivity index (χ3n) is 4.28. The average molecular weight is 506 g/mol. The van der Waals surface area contributed by atoms with Crippen molar-refractivity contribution < 1.29 is 38.3 Å². The molecule has 1 N–H and O–H groups in total. The fourth-order valence-electron chi connectivity index (χ4n) is 2.63. The van der Waals surface area contributed by atoms with E-state index in [1.807, 2.05) is 13.8 Å². The van der Waals surface area contributed by atoms with E-state index in [2.05, 4.69) is 25.3 Å². The van der Waals surface area contributed by atoms with E-state index < -0.39 is 0 Å². The van der Waals surface area contributed by atoms with Gasteiger partial charge in [0.15, 0.2) is 11.5 Å². The van der Waals surface area contributed by atoms with Crippen molar-refractivity contribution in [1.82, 2.24) is 4.90 Å². The van der Waals surface area contributed by atoms with Crippen molar-refractivity contribution in [3.05, 3.63) is 36.0 Å². The topological polar surface area (TPSA) is 88.1 Å². The van der Waals surface area contributed by atoms with Gasteiger partial charge in [-0.2, -0.15) is 0 Å². The summed E-state index contributed by atoms with van der Waals surface area (Å²) in [5.74, 6) is 1.56. The second-order valence-corrected chi connectivity index (χ2v) is 7.11. The summed E-state index contributed by atoms with van der Waals surface area (Å²) < 4.78 is 38.4. The molecule has 0 fully saturated rings. The molecule has 9 heteroatoms. The third kappa shape index (κ3) is 21.4. The van der Waals surface area contributed by atoms with Gasteiger partial charge in [0.05, 0.1) is 67.1 Å². The average Bonchev–Trinajstić information content (AvgIpc) is 2.86. The molecular weight excluding hydrogens is 454 g/mol. The molecule has 0 radical (unpaired) electrons. The van der Waals surface area contributed by atoms with Gasteiger partial charge in [0.2, 0.25) is 5.76 Å². The smallest absolute Gasteiger partial charge is 0.203 e. The number of rotatable bonds is 23. The lowest BCUT2D eigenvalue weighted by Crippen LogP contribution is -2.34. The largest absolute Gasteiger partial charge is 0.493 e. The first kappa shape index (κ1) is 35.5. The lowest BCUT2D eigenvalue weighted by molar-refractivity contribution is 0.0125. The molecule has 0 unspecified atom stereocenters. The molecule has 0 amide bonds. The van der Waals surface area contributed by atoms with Gasteiger partial charge in [-0.05, 0) is 26.0 Å². The van der Waals surface area contributed by atoms with Gasteiger partial charge < -0.3 is 38.3 Å². The number of hydrogen-bond acceptors (Lipinski definition) is 9. The predicted molar refractivity (Wildman–Crippen MR) is 139 cm³/mol. The molecule has 9 nitrogen and oxygen atoms in total. The Balaban J connectivity index is 0. The molecule has 0 atom stereocenters. The fraction of sp³-hybridized carbons (Fsp3) is 0.769. The molecule has 208 valence electrons. The van der Waals surface area contributed by atoms with E-state index in [0.717, 1.165) is 19.6 Å². The minimum absolute atomic E-state index is 0.0370. The minimum atomic E-state index is 0.0370. The molecule has 0 rings (SSSR count). The van der Waals surface area contributed by atoms with E-state index in [0.29, 0.717) is 76.7 Å². The van der Waals surface area contributed by atoms with Gasteiger partial charge in [-0.25, -0.2) is 0 Å². The predicted octanol–water partition coefficient (Wildman–Crippen LogP) is 3.39. The number of nitrogens with zero attached hydrogens (tertiary/aromatic N) is 1. The van der Waals surface area contributed by atoms with Crippen LogP contribution in [0.5, 0.6) is 0 Å². The number of allylic oxidation sites excluding steroid dienone is 2. The molecule has 0 heterocycles. The van der Waals surface area contributed by atoms with Crippen LogP contribution in [0.15, 0.2) is 36.0 Å². The first-order valence-electron chi connectivity index (χ1n) is 12.5. The Hall–Kier alpha value is -1.62. The maximum atomic E-state index is 8.79. The molecule has 0 saturated heterocycles. The summed E-state index contributed by atoms with van der Waals surface area (Å²) in [4.78, 5) is 2.22. The van der Waals surface area contributed by atoms with Gasteiger partial charge in [-0.1, -0.05) is 26.8 Å². The monoisotopic (exact) mass is 505 g/mol. The second kappa shape index (κ2) is 28.6. The number of aliphatic hydroxyl groups is 1. The number of hydrogen-bond donors (Lipinski definition) is 1. The Bertz CT molecular complexity index is 525. The van der Waals surface area contributed by atoms with Crippen molar-refractivity contribution in [3.63, 3.8) is 0 Å². The normalized spacial score (nSPS) is 12.1. The highest BCUT2D eigenvalue weighted by molar-refractivity contribution is 5.28. The molecule has 0 aromatic carbocycles. The Morgan fingerprint density at radius 2 is 1.29 bits per heavy atom. The molecule has 0 aliphatic heterocycles. The molecule has 0 aliphatic carbocycles. The Labute approximate surface area is 213 Å². The highest BCUT2D eigenvalue weighted by Crippen LogP contribution is 2.18. The number of aliphatic hydroxyl groups excluding tert-OH is 1. The molecule has 35 heavy (non-hydrogen) atoms. The lowest BCUT2D eigenvalue weighted by atomic mass is 10.3. The molecule has 0 saturated carbocycles. The highest BCUT2D eigenvalue weighted by Gasteiger charge is 2.13. The van der Waals surface area contributed by atoms with Crippen molar-refractivity contribution in [3.8, 4) is 0 Å². The lowest BCUT2D eigenvalue weighted by Gasteiger charge is -2.22. The third-order valence-corrected chi connectivity index (χ3v) is 4.28. The Morgan fingerprint density at radius 1 is 0.771 bits per heavy atom. The van der Waals surface area contributed by atoms with E-state index in [-0.39, 0.29) is 6.61 Å². The summed E-state index contributed by atoms with van der Waals surface area (Å²) in [6.45, 7) is 18.8. The zero-order valence-corrected chi connectivity index (χ0v) is 23.0. The maximum Gasteiger partial charge on any atom is 0.203 e. The second-order valence-electron chi connectivity index (χ2n) is 7.11. The van der Waals surface area contributed by atoms with E-state index in [1.165, 1.54) is 6.42 Å². The van der Waals surface area contributed by atoms with Gasteiger partial charge in [0.25, 0.3) is 0 Å². The standard InChI is InChI=1S/C23H43NO8.C3H8/c1-6-21(26-4)23(22(7-2)27-5)32-20-19-31-18-17-30-15-11-24(9-13-28-8-3)10-14-29-16-12-25;1-3-2/h6-7,25H,1,8-20H2,2-5H3;3H2,1-2H3/b22-7+,23-21-;. The van der Waals surface area contributed by atoms with Crippen LogP contribution in [-0.4, -0.2) is 110 Å². The fourth-order valence-corrected chi connectivity index (χ4v) is 2.63. The molecule has 0 aliphatic rings. The van der Waals surface area contributed by atoms with E-state index in [9.17, 15) is 0 Å². The minimum Gasteiger partial charge on any atom is -0.493 e. The van der Waals surface area contributed by atoms with Gasteiger partial charge in [-0.3, -0.25) is 4.90 Å². The summed E-state index contributed by atoms with van der Waals surface area (Å²) in [5, 5.41) is 8.79. The van der Waals surface area contributed by atoms with Crippen LogP contribution in [0.1, 0.15) is 34.1 Å². The van der Waals surface area contributed by atoms with Gasteiger partial charge in [-0.15, -0.1) is 0 Å². The SMILES string of the molecule is C=C/C(OC)=C(OCCOCCOCCN(CCOCC)CCOCCO)\C(=C/C)OC.CCC. The van der Waals surface area contributed by atoms with Crippen molar-refractivity contribution in [2.24, 2.45) is 0 Å². The van der Waals surface area contributed by atoms with Gasteiger partial charge >= 0.3 is 0 Å². The quantitative estimate of drug-likeness (QED) is 0.128. The van der Waals surface area contributed by atoms with Gasteiger partial charge in [0, 0.05) is 26.2 Å². The van der Waals surface area contributed by atoms with Crippen molar-refractivity contribution in [2.45, 2.75) is 34.1 Å². The maximum absolute atomic E-state index is 8.79. The van der Waals surface area contributed by atoms with Crippen LogP contribution in [0.3, 0.4) is 0 Å². The summed E-state index contributed by atoms with van der Waals surface area (Å²) in [7, 11) is 3.13. The van der Waals surface area contributed by atoms with Crippen LogP contribution >= 0.6 is 0 Å². The highest BCUT2D eigenvalue weighted by atomic mass is 16.6. The molecule has 0 bridgehead atoms. The summed E-state index contributed by atoms with van der Waals surface area (Å²) in [6.07, 6.45) is 4.62. The van der Waals surface area contributed by atoms with Crippen LogP contribution in [0.4, 0.5) is 0 Å².